The minimum atomic E-state index is -0.401. The van der Waals surface area contributed by atoms with Gasteiger partial charge in [-0.25, -0.2) is 4.98 Å². The fourth-order valence-electron chi connectivity index (χ4n) is 3.25. The molecule has 1 aliphatic carbocycles. The molecule has 0 saturated heterocycles. The number of halogens is 2. The highest BCUT2D eigenvalue weighted by atomic mass is 35.5. The number of nitro benzene ring substituents is 1. The van der Waals surface area contributed by atoms with E-state index in [1.54, 1.807) is 18.2 Å². The van der Waals surface area contributed by atoms with E-state index in [1.807, 2.05) is 6.07 Å². The first-order chi connectivity index (χ1) is 12.9. The Balaban J connectivity index is 1.81. The number of imidazole rings is 1. The molecular weight excluding hydrogens is 385 g/mol. The lowest BCUT2D eigenvalue weighted by molar-refractivity contribution is -0.384. The molecule has 3 aromatic rings. The molecule has 4 rings (SSSR count). The van der Waals surface area contributed by atoms with E-state index in [1.165, 1.54) is 17.7 Å². The number of aromatic nitrogens is 2. The van der Waals surface area contributed by atoms with Crippen LogP contribution in [0, 0.1) is 10.1 Å². The molecule has 0 bridgehead atoms. The van der Waals surface area contributed by atoms with Crippen LogP contribution in [0.1, 0.15) is 24.7 Å². The number of nitrogens with zero attached hydrogens (tertiary/aromatic N) is 3. The molecule has 0 saturated carbocycles. The summed E-state index contributed by atoms with van der Waals surface area (Å²) >= 11 is 12.4. The van der Waals surface area contributed by atoms with E-state index in [2.05, 4.69) is 23.6 Å². The van der Waals surface area contributed by atoms with Crippen molar-refractivity contribution >= 4 is 45.5 Å². The summed E-state index contributed by atoms with van der Waals surface area (Å²) in [6.45, 7) is 2.61. The molecule has 1 heterocycles. The number of hydrogen-bond donors (Lipinski definition) is 0. The molecule has 7 heteroatoms. The molecule has 5 nitrogen and oxygen atoms in total. The van der Waals surface area contributed by atoms with E-state index in [4.69, 9.17) is 28.2 Å². The van der Waals surface area contributed by atoms with Crippen molar-refractivity contribution in [2.75, 3.05) is 0 Å². The van der Waals surface area contributed by atoms with Crippen molar-refractivity contribution in [3.05, 3.63) is 85.7 Å². The molecule has 0 N–H and O–H groups in total. The van der Waals surface area contributed by atoms with Gasteiger partial charge in [-0.15, -0.1) is 0 Å². The van der Waals surface area contributed by atoms with Gasteiger partial charge in [0, 0.05) is 18.7 Å². The van der Waals surface area contributed by atoms with Crippen molar-refractivity contribution < 1.29 is 4.92 Å². The average Bonchev–Trinajstić information content (AvgIpc) is 3.20. The van der Waals surface area contributed by atoms with Crippen LogP contribution >= 0.6 is 23.2 Å². The molecule has 27 heavy (non-hydrogen) atoms. The summed E-state index contributed by atoms with van der Waals surface area (Å²) in [6.07, 6.45) is 5.00. The van der Waals surface area contributed by atoms with Crippen molar-refractivity contribution in [1.29, 1.82) is 0 Å². The number of nitro groups is 1. The normalized spacial score (nSPS) is 13.7. The number of benzene rings is 2. The summed E-state index contributed by atoms with van der Waals surface area (Å²) in [5.74, 6) is 0.856. The van der Waals surface area contributed by atoms with Crippen molar-refractivity contribution in [3.63, 3.8) is 0 Å². The van der Waals surface area contributed by atoms with Gasteiger partial charge in [-0.3, -0.25) is 10.1 Å². The van der Waals surface area contributed by atoms with Gasteiger partial charge in [-0.1, -0.05) is 53.1 Å². The number of hydrogen-bond acceptors (Lipinski definition) is 3. The lowest BCUT2D eigenvalue weighted by Crippen LogP contribution is -2.05. The fraction of sp³-hybridized carbons (Fsp3) is 0.150. The van der Waals surface area contributed by atoms with E-state index >= 15 is 0 Å². The highest BCUT2D eigenvalue weighted by molar-refractivity contribution is 6.42. The molecule has 1 aromatic heterocycles. The number of rotatable bonds is 4. The molecule has 0 radical (unpaired) electrons. The van der Waals surface area contributed by atoms with E-state index in [9.17, 15) is 10.1 Å². The van der Waals surface area contributed by atoms with Crippen molar-refractivity contribution in [2.24, 2.45) is 0 Å². The van der Waals surface area contributed by atoms with Crippen LogP contribution in [0.25, 0.3) is 16.6 Å². The third-order valence-corrected chi connectivity index (χ3v) is 5.33. The Hall–Kier alpha value is -2.63. The van der Waals surface area contributed by atoms with Crippen molar-refractivity contribution in [1.82, 2.24) is 9.55 Å². The third kappa shape index (κ3) is 3.36. The molecule has 0 amide bonds. The number of allylic oxidation sites excluding steroid dienone is 4. The quantitative estimate of drug-likeness (QED) is 0.397. The summed E-state index contributed by atoms with van der Waals surface area (Å²) < 4.78 is 2.08. The molecule has 0 spiro atoms. The van der Waals surface area contributed by atoms with Gasteiger partial charge in [0.15, 0.2) is 0 Å². The molecule has 0 fully saturated rings. The Morgan fingerprint density at radius 3 is 2.48 bits per heavy atom. The van der Waals surface area contributed by atoms with Crippen LogP contribution in [0.2, 0.25) is 10.0 Å². The van der Waals surface area contributed by atoms with E-state index in [0.29, 0.717) is 16.6 Å². The second-order valence-corrected chi connectivity index (χ2v) is 7.40. The van der Waals surface area contributed by atoms with Gasteiger partial charge in [0.1, 0.15) is 5.82 Å². The first-order valence-electron chi connectivity index (χ1n) is 8.37. The summed E-state index contributed by atoms with van der Waals surface area (Å²) in [4.78, 5) is 15.3. The second-order valence-electron chi connectivity index (χ2n) is 6.58. The molecule has 0 aliphatic heterocycles. The average molecular weight is 400 g/mol. The van der Waals surface area contributed by atoms with Crippen LogP contribution in [0.3, 0.4) is 0 Å². The zero-order valence-electron chi connectivity index (χ0n) is 14.4. The van der Waals surface area contributed by atoms with Crippen LogP contribution in [0.4, 0.5) is 5.69 Å². The van der Waals surface area contributed by atoms with Gasteiger partial charge in [0.05, 0.1) is 26.0 Å². The zero-order valence-corrected chi connectivity index (χ0v) is 16.0. The van der Waals surface area contributed by atoms with Crippen LogP contribution in [0.15, 0.2) is 54.1 Å². The summed E-state index contributed by atoms with van der Waals surface area (Å²) in [6, 6.07) is 10.1. The Morgan fingerprint density at radius 1 is 1.15 bits per heavy atom. The summed E-state index contributed by atoms with van der Waals surface area (Å²) in [5.41, 5.74) is 5.06. The lowest BCUT2D eigenvalue weighted by Gasteiger charge is -2.11. The van der Waals surface area contributed by atoms with Crippen LogP contribution in [0.5, 0.6) is 0 Å². The minimum absolute atomic E-state index is 0.0719. The predicted molar refractivity (Wildman–Crippen MR) is 108 cm³/mol. The smallest absolute Gasteiger partial charge is 0.269 e. The van der Waals surface area contributed by atoms with Gasteiger partial charge in [0.25, 0.3) is 5.69 Å². The molecular formula is C20H15Cl2N3O2. The summed E-state index contributed by atoms with van der Waals surface area (Å²) in [7, 11) is 0. The standard InChI is InChI=1S/C20H15Cl2N3O2/c1-12-2-5-14(8-12)20-23-18-9-16(21)17(22)10-19(18)24(20)11-13-3-6-15(7-4-13)25(26)27/h2-7,9-10H,8,11H2,1H3. The van der Waals surface area contributed by atoms with Gasteiger partial charge < -0.3 is 4.57 Å². The van der Waals surface area contributed by atoms with Gasteiger partial charge in [-0.05, 0) is 36.6 Å². The topological polar surface area (TPSA) is 61.0 Å². The Kier molecular flexibility index (Phi) is 4.50. The fourth-order valence-corrected chi connectivity index (χ4v) is 3.56. The van der Waals surface area contributed by atoms with Gasteiger partial charge in [0.2, 0.25) is 0 Å². The number of fused-ring (bicyclic) bond motifs is 1. The van der Waals surface area contributed by atoms with Crippen LogP contribution < -0.4 is 0 Å². The van der Waals surface area contributed by atoms with Crippen molar-refractivity contribution in [2.45, 2.75) is 19.9 Å². The first kappa shape index (κ1) is 17.8. The van der Waals surface area contributed by atoms with Gasteiger partial charge in [-0.2, -0.15) is 0 Å². The largest absolute Gasteiger partial charge is 0.320 e. The highest BCUT2D eigenvalue weighted by Gasteiger charge is 2.19. The van der Waals surface area contributed by atoms with Crippen molar-refractivity contribution in [3.8, 4) is 0 Å². The zero-order chi connectivity index (χ0) is 19.1. The minimum Gasteiger partial charge on any atom is -0.320 e. The second kappa shape index (κ2) is 6.83. The predicted octanol–water partition coefficient (Wildman–Crippen LogP) is 6.03. The SMILES string of the molecule is CC1=CC=C(c2nc3cc(Cl)c(Cl)cc3n2Cc2ccc([N+](=O)[O-])cc2)C1. The molecule has 0 unspecified atom stereocenters. The van der Waals surface area contributed by atoms with E-state index in [0.717, 1.165) is 34.4 Å². The van der Waals surface area contributed by atoms with Crippen LogP contribution in [-0.2, 0) is 6.54 Å². The first-order valence-corrected chi connectivity index (χ1v) is 9.13. The molecule has 0 atom stereocenters. The Labute approximate surface area is 165 Å². The molecule has 136 valence electrons. The number of non-ortho nitro benzene ring substituents is 1. The third-order valence-electron chi connectivity index (χ3n) is 4.60. The lowest BCUT2D eigenvalue weighted by atomic mass is 10.1. The summed E-state index contributed by atoms with van der Waals surface area (Å²) in [5, 5.41) is 11.8. The maximum absolute atomic E-state index is 10.9. The maximum atomic E-state index is 10.9. The van der Waals surface area contributed by atoms with E-state index < -0.39 is 4.92 Å². The van der Waals surface area contributed by atoms with Gasteiger partial charge >= 0.3 is 0 Å². The van der Waals surface area contributed by atoms with E-state index in [-0.39, 0.29) is 5.69 Å². The highest BCUT2D eigenvalue weighted by Crippen LogP contribution is 2.34. The Morgan fingerprint density at radius 2 is 1.85 bits per heavy atom. The monoisotopic (exact) mass is 399 g/mol. The maximum Gasteiger partial charge on any atom is 0.269 e. The molecule has 2 aromatic carbocycles. The Bertz CT molecular complexity index is 1130. The molecule has 1 aliphatic rings. The van der Waals surface area contributed by atoms with Crippen LogP contribution in [-0.4, -0.2) is 14.5 Å².